The number of benzene rings is 2. The van der Waals surface area contributed by atoms with Crippen molar-refractivity contribution in [1.82, 2.24) is 34.5 Å². The van der Waals surface area contributed by atoms with E-state index in [4.69, 9.17) is 5.10 Å². The van der Waals surface area contributed by atoms with Crippen LogP contribution in [-0.4, -0.2) is 103 Å². The number of carbonyl (C=O) groups excluding carboxylic acids is 5. The molecule has 18 heteroatoms. The molecule has 1 aliphatic carbocycles. The van der Waals surface area contributed by atoms with Crippen molar-refractivity contribution in [1.29, 1.82) is 5.26 Å². The molecule has 2 atom stereocenters. The molecule has 9 rings (SSSR count). The predicted octanol–water partition coefficient (Wildman–Crippen LogP) is 4.51. The SMILES string of the molecule is CC(C)(O)c1cc2nn(C3CCC(N4CCN(C(=O)[C@@H]5CCN(c6cc(F)c([C@H]7CCC(=O)NC7=O)c(F)c6)C5)CC4=O)CC3)cc2cc1NC(=O)c1ccc2cc(C#N)cnn12. The lowest BCUT2D eigenvalue weighted by atomic mass is 9.89. The van der Waals surface area contributed by atoms with Crippen LogP contribution < -0.4 is 15.5 Å². The molecule has 1 saturated carbocycles. The highest BCUT2D eigenvalue weighted by Gasteiger charge is 2.39. The minimum absolute atomic E-state index is 0.00397. The molecule has 0 radical (unpaired) electrons. The Balaban J connectivity index is 0.802. The van der Waals surface area contributed by atoms with Gasteiger partial charge < -0.3 is 25.1 Å². The predicted molar refractivity (Wildman–Crippen MR) is 224 cm³/mol. The molecule has 3 N–H and O–H groups in total. The third kappa shape index (κ3) is 7.97. The number of halogens is 2. The van der Waals surface area contributed by atoms with E-state index >= 15 is 8.78 Å². The van der Waals surface area contributed by atoms with Crippen molar-refractivity contribution in [3.8, 4) is 6.07 Å². The van der Waals surface area contributed by atoms with E-state index in [2.05, 4.69) is 15.7 Å². The monoisotopic (exact) mass is 860 g/mol. The number of nitrogens with one attached hydrogen (secondary N) is 2. The maximum atomic E-state index is 15.3. The largest absolute Gasteiger partial charge is 0.386 e. The van der Waals surface area contributed by atoms with Crippen LogP contribution in [0, 0.1) is 28.9 Å². The summed E-state index contributed by atoms with van der Waals surface area (Å²) < 4.78 is 33.9. The number of carbonyl (C=O) groups is 5. The number of aliphatic hydroxyl groups is 1. The first-order valence-corrected chi connectivity index (χ1v) is 21.3. The molecule has 3 aliphatic heterocycles. The summed E-state index contributed by atoms with van der Waals surface area (Å²) in [7, 11) is 0. The van der Waals surface area contributed by atoms with Crippen LogP contribution in [-0.2, 0) is 24.8 Å². The van der Waals surface area contributed by atoms with Crippen molar-refractivity contribution in [2.75, 3.05) is 42.9 Å². The lowest BCUT2D eigenvalue weighted by Crippen LogP contribution is -2.57. The van der Waals surface area contributed by atoms with Gasteiger partial charge in [0.25, 0.3) is 5.91 Å². The maximum absolute atomic E-state index is 15.3. The first-order chi connectivity index (χ1) is 30.1. The number of rotatable bonds is 8. The molecule has 3 aromatic heterocycles. The number of anilines is 2. The number of nitriles is 1. The van der Waals surface area contributed by atoms with Crippen molar-refractivity contribution in [3.63, 3.8) is 0 Å². The molecular formula is C45H46F2N10O6. The normalized spacial score (nSPS) is 22.2. The zero-order valence-corrected chi connectivity index (χ0v) is 34.8. The van der Waals surface area contributed by atoms with Crippen LogP contribution in [0.5, 0.6) is 0 Å². The van der Waals surface area contributed by atoms with Gasteiger partial charge >= 0.3 is 0 Å². The lowest BCUT2D eigenvalue weighted by molar-refractivity contribution is -0.149. The van der Waals surface area contributed by atoms with Crippen LogP contribution in [0.1, 0.15) is 97.9 Å². The summed E-state index contributed by atoms with van der Waals surface area (Å²) in [6.45, 7) is 4.67. The van der Waals surface area contributed by atoms with Gasteiger partial charge in [0.05, 0.1) is 52.8 Å². The fourth-order valence-corrected chi connectivity index (χ4v) is 9.71. The molecule has 5 aromatic rings. The van der Waals surface area contributed by atoms with E-state index in [0.717, 1.165) is 31.1 Å². The summed E-state index contributed by atoms with van der Waals surface area (Å²) in [4.78, 5) is 69.8. The molecule has 63 heavy (non-hydrogen) atoms. The van der Waals surface area contributed by atoms with Gasteiger partial charge in [0.2, 0.25) is 23.6 Å². The van der Waals surface area contributed by atoms with Crippen molar-refractivity contribution >= 4 is 57.3 Å². The number of hydrogen-bond acceptors (Lipinski definition) is 10. The lowest BCUT2D eigenvalue weighted by Gasteiger charge is -2.42. The van der Waals surface area contributed by atoms with Gasteiger partial charge in [0.15, 0.2) is 0 Å². The van der Waals surface area contributed by atoms with Gasteiger partial charge in [-0.3, -0.25) is 34.0 Å². The summed E-state index contributed by atoms with van der Waals surface area (Å²) in [5.74, 6) is -5.21. The Kier molecular flexibility index (Phi) is 10.7. The van der Waals surface area contributed by atoms with Crippen LogP contribution in [0.3, 0.4) is 0 Å². The van der Waals surface area contributed by atoms with Crippen LogP contribution in [0.25, 0.3) is 16.4 Å². The second-order valence-corrected chi connectivity index (χ2v) is 17.6. The Morgan fingerprint density at radius 2 is 1.70 bits per heavy atom. The zero-order chi connectivity index (χ0) is 44.3. The molecular weight excluding hydrogens is 815 g/mol. The molecule has 16 nitrogen and oxygen atoms in total. The Morgan fingerprint density at radius 1 is 0.952 bits per heavy atom. The smallest absolute Gasteiger partial charge is 0.274 e. The van der Waals surface area contributed by atoms with E-state index in [1.54, 1.807) is 54.0 Å². The van der Waals surface area contributed by atoms with Gasteiger partial charge in [-0.1, -0.05) is 0 Å². The van der Waals surface area contributed by atoms with E-state index in [1.165, 1.54) is 22.8 Å². The second kappa shape index (κ2) is 16.2. The highest BCUT2D eigenvalue weighted by molar-refractivity contribution is 6.05. The van der Waals surface area contributed by atoms with Crippen molar-refractivity contribution in [3.05, 3.63) is 88.9 Å². The Morgan fingerprint density at radius 3 is 2.40 bits per heavy atom. The third-order valence-electron chi connectivity index (χ3n) is 13.0. The van der Waals surface area contributed by atoms with Gasteiger partial charge in [0, 0.05) is 72.7 Å². The Labute approximate surface area is 360 Å². The van der Waals surface area contributed by atoms with Crippen molar-refractivity contribution in [2.45, 2.75) is 82.4 Å². The number of nitrogens with zero attached hydrogens (tertiary/aromatic N) is 8. The van der Waals surface area contributed by atoms with Gasteiger partial charge in [-0.2, -0.15) is 15.5 Å². The fraction of sp³-hybridized carbons (Fsp3) is 0.422. The highest BCUT2D eigenvalue weighted by atomic mass is 19.1. The number of aromatic nitrogens is 4. The number of fused-ring (bicyclic) bond motifs is 2. The van der Waals surface area contributed by atoms with Gasteiger partial charge in [-0.05, 0) is 94.8 Å². The summed E-state index contributed by atoms with van der Waals surface area (Å²) in [5.41, 5.74) is 1.41. The number of hydrogen-bond donors (Lipinski definition) is 3. The van der Waals surface area contributed by atoms with Gasteiger partial charge in [-0.25, -0.2) is 13.3 Å². The molecule has 0 bridgehead atoms. The number of amides is 5. The minimum Gasteiger partial charge on any atom is -0.386 e. The first kappa shape index (κ1) is 41.6. The Hall–Kier alpha value is -6.74. The van der Waals surface area contributed by atoms with E-state index < -0.39 is 46.8 Å². The van der Waals surface area contributed by atoms with Crippen molar-refractivity contribution < 1.29 is 37.9 Å². The molecule has 4 fully saturated rings. The highest BCUT2D eigenvalue weighted by Crippen LogP contribution is 2.37. The fourth-order valence-electron chi connectivity index (χ4n) is 9.71. The molecule has 6 heterocycles. The average molecular weight is 861 g/mol. The van der Waals surface area contributed by atoms with Crippen molar-refractivity contribution in [2.24, 2.45) is 5.92 Å². The van der Waals surface area contributed by atoms with E-state index in [-0.39, 0.29) is 66.8 Å². The molecule has 3 saturated heterocycles. The first-order valence-electron chi connectivity index (χ1n) is 21.3. The van der Waals surface area contributed by atoms with Gasteiger partial charge in [-0.15, -0.1) is 0 Å². The summed E-state index contributed by atoms with van der Waals surface area (Å²) >= 11 is 0. The maximum Gasteiger partial charge on any atom is 0.274 e. The summed E-state index contributed by atoms with van der Waals surface area (Å²) in [5, 5.41) is 35.4. The van der Waals surface area contributed by atoms with E-state index in [1.807, 2.05) is 21.8 Å². The standard InChI is InChI=1S/C45H46F2N10O6/c1-45(2,63)33-19-36-27(16-37(33)50-43(61)38-9-7-30-15-25(20-48)21-49-57(30)38)23-56(52-36)29-5-3-28(4-6-29)55-14-13-54(24-40(55)59)44(62)26-11-12-53(22-26)31-17-34(46)41(35(47)18-31)32-8-10-39(58)51-42(32)60/h7,9,15-19,21,23,26,28-29,32,63H,3-6,8,10-14,22,24H2,1-2H3,(H,50,61)(H,51,58,60)/t26-,28?,29?,32-/m1/s1. The zero-order valence-electron chi connectivity index (χ0n) is 34.8. The quantitative estimate of drug-likeness (QED) is 0.187. The minimum atomic E-state index is -1.31. The molecule has 5 amide bonds. The molecule has 0 spiro atoms. The molecule has 0 unspecified atom stereocenters. The number of imide groups is 1. The molecule has 326 valence electrons. The third-order valence-corrected chi connectivity index (χ3v) is 13.0. The average Bonchev–Trinajstić information content (AvgIpc) is 4.02. The second-order valence-electron chi connectivity index (χ2n) is 17.6. The topological polar surface area (TPSA) is 198 Å². The summed E-state index contributed by atoms with van der Waals surface area (Å²) in [6.07, 6.45) is 6.83. The van der Waals surface area contributed by atoms with Gasteiger partial charge in [0.1, 0.15) is 23.4 Å². The number of piperidine rings is 1. The number of piperazine rings is 1. The van der Waals surface area contributed by atoms with Crippen LogP contribution in [0.4, 0.5) is 20.2 Å². The van der Waals surface area contributed by atoms with E-state index in [0.29, 0.717) is 53.9 Å². The van der Waals surface area contributed by atoms with Crippen LogP contribution >= 0.6 is 0 Å². The molecule has 2 aromatic carbocycles. The van der Waals surface area contributed by atoms with E-state index in [9.17, 15) is 34.3 Å². The van der Waals surface area contributed by atoms with Crippen LogP contribution in [0.15, 0.2) is 54.9 Å². The molecule has 4 aliphatic rings. The Bertz CT molecular complexity index is 2720. The van der Waals surface area contributed by atoms with Crippen LogP contribution in [0.2, 0.25) is 0 Å². The summed E-state index contributed by atoms with van der Waals surface area (Å²) in [6, 6.07) is 13.0.